The molecule has 0 spiro atoms. The first-order valence-electron chi connectivity index (χ1n) is 4.44. The van der Waals surface area contributed by atoms with Gasteiger partial charge in [-0.15, -0.1) is 0 Å². The molecule has 0 aliphatic carbocycles. The normalized spacial score (nSPS) is 13.0. The first-order chi connectivity index (χ1) is 6.33. The topological polar surface area (TPSA) is 94.3 Å². The maximum atomic E-state index is 11.2. The van der Waals surface area contributed by atoms with Gasteiger partial charge in [0.05, 0.1) is 17.3 Å². The number of rotatable bonds is 7. The maximum absolute atomic E-state index is 11.2. The lowest BCUT2D eigenvalue weighted by molar-refractivity contribution is 0.586. The first kappa shape index (κ1) is 13.9. The van der Waals surface area contributed by atoms with E-state index in [0.717, 1.165) is 0 Å². The van der Waals surface area contributed by atoms with Crippen LogP contribution in [0, 0.1) is 0 Å². The molecule has 0 fully saturated rings. The van der Waals surface area contributed by atoms with E-state index in [1.807, 2.05) is 0 Å². The minimum atomic E-state index is -3.29. The van der Waals surface area contributed by atoms with E-state index >= 15 is 0 Å². The molecule has 0 radical (unpaired) electrons. The Labute approximate surface area is 85.5 Å². The van der Waals surface area contributed by atoms with Gasteiger partial charge in [-0.3, -0.25) is 0 Å². The van der Waals surface area contributed by atoms with Gasteiger partial charge in [0.2, 0.25) is 0 Å². The molecule has 0 aromatic carbocycles. The Kier molecular flexibility index (Phi) is 5.61. The Morgan fingerprint density at radius 1 is 0.857 bits per heavy atom. The summed E-state index contributed by atoms with van der Waals surface area (Å²) in [6.45, 7) is 1.78. The third-order valence-corrected chi connectivity index (χ3v) is 5.45. The highest BCUT2D eigenvalue weighted by molar-refractivity contribution is 7.95. The standard InChI is InChI=1S/C7H17NO4S2/c1-2-4-13(9,10)6-7-14(11,12)5-3-8/h2-8H2,1H3. The van der Waals surface area contributed by atoms with E-state index in [0.29, 0.717) is 6.42 Å². The van der Waals surface area contributed by atoms with Crippen molar-refractivity contribution in [2.24, 2.45) is 5.73 Å². The van der Waals surface area contributed by atoms with Crippen molar-refractivity contribution < 1.29 is 16.8 Å². The monoisotopic (exact) mass is 243 g/mol. The molecule has 0 aromatic rings. The van der Waals surface area contributed by atoms with E-state index in [-0.39, 0.29) is 29.6 Å². The summed E-state index contributed by atoms with van der Waals surface area (Å²) >= 11 is 0. The molecule has 14 heavy (non-hydrogen) atoms. The molecular formula is C7H17NO4S2. The zero-order valence-electron chi connectivity index (χ0n) is 8.27. The van der Waals surface area contributed by atoms with Crippen LogP contribution in [0.25, 0.3) is 0 Å². The zero-order valence-corrected chi connectivity index (χ0v) is 9.90. The van der Waals surface area contributed by atoms with Crippen molar-refractivity contribution in [1.82, 2.24) is 0 Å². The highest BCUT2D eigenvalue weighted by Crippen LogP contribution is 1.97. The second-order valence-electron chi connectivity index (χ2n) is 3.09. The number of sulfone groups is 2. The Bertz CT molecular complexity index is 308. The number of hydrogen-bond donors (Lipinski definition) is 1. The van der Waals surface area contributed by atoms with Crippen LogP contribution in [0.1, 0.15) is 13.3 Å². The lowest BCUT2D eigenvalue weighted by atomic mass is 10.6. The molecule has 0 rings (SSSR count). The van der Waals surface area contributed by atoms with E-state index in [1.165, 1.54) is 0 Å². The Hall–Kier alpha value is -0.140. The molecule has 0 heterocycles. The number of nitrogens with two attached hydrogens (primary N) is 1. The second kappa shape index (κ2) is 5.67. The summed E-state index contributed by atoms with van der Waals surface area (Å²) < 4.78 is 44.6. The molecule has 0 saturated carbocycles. The summed E-state index contributed by atoms with van der Waals surface area (Å²) in [5.41, 5.74) is 5.08. The van der Waals surface area contributed by atoms with Gasteiger partial charge in [0.1, 0.15) is 0 Å². The van der Waals surface area contributed by atoms with Crippen molar-refractivity contribution in [2.75, 3.05) is 29.6 Å². The molecule has 0 aliphatic rings. The van der Waals surface area contributed by atoms with Crippen molar-refractivity contribution in [3.05, 3.63) is 0 Å². The summed E-state index contributed by atoms with van der Waals surface area (Å²) in [5.74, 6) is -0.699. The summed E-state index contributed by atoms with van der Waals surface area (Å²) in [6.07, 6.45) is 0.513. The third kappa shape index (κ3) is 6.33. The van der Waals surface area contributed by atoms with Gasteiger partial charge in [-0.1, -0.05) is 6.92 Å². The summed E-state index contributed by atoms with van der Waals surface area (Å²) in [7, 11) is -6.49. The van der Waals surface area contributed by atoms with E-state index in [2.05, 4.69) is 0 Å². The van der Waals surface area contributed by atoms with Gasteiger partial charge in [0.15, 0.2) is 19.7 Å². The molecular weight excluding hydrogens is 226 g/mol. The molecule has 0 bridgehead atoms. The van der Waals surface area contributed by atoms with Crippen molar-refractivity contribution in [3.8, 4) is 0 Å². The van der Waals surface area contributed by atoms with Crippen LogP contribution in [0.3, 0.4) is 0 Å². The van der Waals surface area contributed by atoms with Crippen molar-refractivity contribution in [3.63, 3.8) is 0 Å². The molecule has 7 heteroatoms. The third-order valence-electron chi connectivity index (χ3n) is 1.65. The fourth-order valence-electron chi connectivity index (χ4n) is 0.949. The smallest absolute Gasteiger partial charge is 0.152 e. The lowest BCUT2D eigenvalue weighted by Crippen LogP contribution is -2.24. The zero-order chi connectivity index (χ0) is 11.2. The molecule has 0 unspecified atom stereocenters. The molecule has 0 aromatic heterocycles. The van der Waals surface area contributed by atoms with Gasteiger partial charge >= 0.3 is 0 Å². The molecule has 0 aliphatic heterocycles. The largest absolute Gasteiger partial charge is 0.329 e. The van der Waals surface area contributed by atoms with Crippen LogP contribution in [0.5, 0.6) is 0 Å². The van der Waals surface area contributed by atoms with E-state index in [9.17, 15) is 16.8 Å². The van der Waals surface area contributed by atoms with E-state index < -0.39 is 19.7 Å². The predicted molar refractivity (Wildman–Crippen MR) is 56.7 cm³/mol. The van der Waals surface area contributed by atoms with Crippen LogP contribution in [-0.4, -0.2) is 46.4 Å². The summed E-state index contributed by atoms with van der Waals surface area (Å²) in [6, 6.07) is 0. The average molecular weight is 243 g/mol. The highest BCUT2D eigenvalue weighted by Gasteiger charge is 2.16. The van der Waals surface area contributed by atoms with Crippen LogP contribution in [0.2, 0.25) is 0 Å². The Balaban J connectivity index is 4.19. The van der Waals surface area contributed by atoms with Crippen LogP contribution >= 0.6 is 0 Å². The minimum Gasteiger partial charge on any atom is -0.329 e. The molecule has 0 saturated heterocycles. The average Bonchev–Trinajstić information content (AvgIpc) is 2.01. The Morgan fingerprint density at radius 3 is 1.64 bits per heavy atom. The van der Waals surface area contributed by atoms with Gasteiger partial charge in [0, 0.05) is 12.3 Å². The van der Waals surface area contributed by atoms with Crippen molar-refractivity contribution in [2.45, 2.75) is 13.3 Å². The maximum Gasteiger partial charge on any atom is 0.152 e. The van der Waals surface area contributed by atoms with Crippen molar-refractivity contribution in [1.29, 1.82) is 0 Å². The number of hydrogen-bond acceptors (Lipinski definition) is 5. The second-order valence-corrected chi connectivity index (χ2v) is 7.70. The van der Waals surface area contributed by atoms with Gasteiger partial charge in [-0.2, -0.15) is 0 Å². The predicted octanol–water partition coefficient (Wildman–Crippen LogP) is -0.815. The molecule has 5 nitrogen and oxygen atoms in total. The van der Waals surface area contributed by atoms with E-state index in [4.69, 9.17) is 5.73 Å². The van der Waals surface area contributed by atoms with Gasteiger partial charge in [-0.05, 0) is 6.42 Å². The minimum absolute atomic E-state index is 0.0379. The fourth-order valence-corrected chi connectivity index (χ4v) is 4.37. The lowest BCUT2D eigenvalue weighted by Gasteiger charge is -2.03. The summed E-state index contributed by atoms with van der Waals surface area (Å²) in [4.78, 5) is 0. The van der Waals surface area contributed by atoms with Gasteiger partial charge < -0.3 is 5.73 Å². The molecule has 0 amide bonds. The van der Waals surface area contributed by atoms with Gasteiger partial charge in [-0.25, -0.2) is 16.8 Å². The first-order valence-corrected chi connectivity index (χ1v) is 8.08. The molecule has 0 atom stereocenters. The SMILES string of the molecule is CCCS(=O)(=O)CCS(=O)(=O)CCN. The van der Waals surface area contributed by atoms with Crippen LogP contribution in [0.15, 0.2) is 0 Å². The quantitative estimate of drug-likeness (QED) is 0.630. The van der Waals surface area contributed by atoms with Crippen LogP contribution in [0.4, 0.5) is 0 Å². The molecule has 86 valence electrons. The van der Waals surface area contributed by atoms with Crippen LogP contribution in [-0.2, 0) is 19.7 Å². The fraction of sp³-hybridized carbons (Fsp3) is 1.00. The van der Waals surface area contributed by atoms with Crippen molar-refractivity contribution >= 4 is 19.7 Å². The summed E-state index contributed by atoms with van der Waals surface area (Å²) in [5, 5.41) is 0. The van der Waals surface area contributed by atoms with Crippen LogP contribution < -0.4 is 5.73 Å². The Morgan fingerprint density at radius 2 is 1.29 bits per heavy atom. The highest BCUT2D eigenvalue weighted by atomic mass is 32.2. The van der Waals surface area contributed by atoms with Gasteiger partial charge in [0.25, 0.3) is 0 Å². The van der Waals surface area contributed by atoms with E-state index in [1.54, 1.807) is 6.92 Å². The molecule has 2 N–H and O–H groups in total.